The molecule has 0 aliphatic carbocycles. The Hall–Kier alpha value is -4.20. The maximum Gasteiger partial charge on any atom is 0.379 e. The van der Waals surface area contributed by atoms with Crippen LogP contribution in [0, 0.1) is 0 Å². The molecule has 0 spiro atoms. The van der Waals surface area contributed by atoms with Crippen LogP contribution in [0.15, 0.2) is 76.4 Å². The summed E-state index contributed by atoms with van der Waals surface area (Å²) in [6.45, 7) is 1.95. The van der Waals surface area contributed by atoms with Crippen LogP contribution in [0.2, 0.25) is 0 Å². The van der Waals surface area contributed by atoms with Crippen LogP contribution in [0.5, 0.6) is 5.75 Å². The van der Waals surface area contributed by atoms with E-state index in [1.807, 2.05) is 19.1 Å². The van der Waals surface area contributed by atoms with Crippen molar-refractivity contribution in [3.8, 4) is 5.75 Å². The third-order valence-electron chi connectivity index (χ3n) is 4.07. The van der Waals surface area contributed by atoms with Crippen molar-refractivity contribution in [3.63, 3.8) is 0 Å². The number of furan rings is 1. The van der Waals surface area contributed by atoms with Gasteiger partial charge >= 0.3 is 17.8 Å². The van der Waals surface area contributed by atoms with Gasteiger partial charge in [-0.25, -0.2) is 10.2 Å². The largest absolute Gasteiger partial charge is 0.457 e. The minimum absolute atomic E-state index is 0.0547. The van der Waals surface area contributed by atoms with Gasteiger partial charge in [-0.3, -0.25) is 9.59 Å². The van der Waals surface area contributed by atoms with Gasteiger partial charge in [0.25, 0.3) is 0 Å². The molecule has 30 heavy (non-hydrogen) atoms. The van der Waals surface area contributed by atoms with Gasteiger partial charge in [-0.2, -0.15) is 5.10 Å². The van der Waals surface area contributed by atoms with Crippen LogP contribution in [-0.4, -0.2) is 24.0 Å². The molecular formula is C22H19N3O5. The van der Waals surface area contributed by atoms with Gasteiger partial charge in [-0.15, -0.1) is 0 Å². The highest BCUT2D eigenvalue weighted by Crippen LogP contribution is 2.18. The third-order valence-corrected chi connectivity index (χ3v) is 4.07. The van der Waals surface area contributed by atoms with Crippen molar-refractivity contribution in [3.05, 3.63) is 83.8 Å². The Morgan fingerprint density at radius 1 is 1.00 bits per heavy atom. The van der Waals surface area contributed by atoms with Crippen LogP contribution in [0.4, 0.5) is 5.69 Å². The van der Waals surface area contributed by atoms with E-state index in [0.717, 1.165) is 5.56 Å². The van der Waals surface area contributed by atoms with Gasteiger partial charge in [-0.1, -0.05) is 37.3 Å². The van der Waals surface area contributed by atoms with E-state index in [1.54, 1.807) is 42.5 Å². The van der Waals surface area contributed by atoms with Gasteiger partial charge in [0, 0.05) is 11.3 Å². The number of ether oxygens (including phenoxy) is 1. The normalized spacial score (nSPS) is 10.6. The van der Waals surface area contributed by atoms with Crippen molar-refractivity contribution in [1.29, 1.82) is 0 Å². The van der Waals surface area contributed by atoms with Crippen LogP contribution in [0.25, 0.3) is 0 Å². The number of amides is 2. The molecule has 0 radical (unpaired) electrons. The molecular weight excluding hydrogens is 386 g/mol. The van der Waals surface area contributed by atoms with Gasteiger partial charge in [0.2, 0.25) is 5.76 Å². The van der Waals surface area contributed by atoms with Crippen LogP contribution < -0.4 is 15.5 Å². The molecule has 1 aromatic heterocycles. The summed E-state index contributed by atoms with van der Waals surface area (Å²) in [5, 5.41) is 6.34. The summed E-state index contributed by atoms with van der Waals surface area (Å²) >= 11 is 0. The summed E-state index contributed by atoms with van der Waals surface area (Å²) in [4.78, 5) is 36.2. The van der Waals surface area contributed by atoms with Gasteiger partial charge < -0.3 is 14.5 Å². The van der Waals surface area contributed by atoms with E-state index in [0.29, 0.717) is 17.7 Å². The lowest BCUT2D eigenvalue weighted by molar-refractivity contribution is -0.136. The summed E-state index contributed by atoms with van der Waals surface area (Å²) in [5.41, 5.74) is 4.06. The first-order valence-electron chi connectivity index (χ1n) is 9.15. The third kappa shape index (κ3) is 5.20. The number of hydrazone groups is 1. The monoisotopic (exact) mass is 405 g/mol. The molecule has 1 heterocycles. The number of hydrogen-bond donors (Lipinski definition) is 2. The number of anilines is 1. The predicted octanol–water partition coefficient (Wildman–Crippen LogP) is 3.15. The first-order chi connectivity index (χ1) is 14.6. The Morgan fingerprint density at radius 3 is 2.53 bits per heavy atom. The quantitative estimate of drug-likeness (QED) is 0.215. The highest BCUT2D eigenvalue weighted by molar-refractivity contribution is 6.39. The summed E-state index contributed by atoms with van der Waals surface area (Å²) in [5.74, 6) is -2.16. The van der Waals surface area contributed by atoms with E-state index >= 15 is 0 Å². The molecule has 0 saturated carbocycles. The fourth-order valence-corrected chi connectivity index (χ4v) is 2.57. The smallest absolute Gasteiger partial charge is 0.379 e. The molecule has 3 aromatic rings. The molecule has 0 atom stereocenters. The first kappa shape index (κ1) is 20.5. The molecule has 2 amide bonds. The average molecular weight is 405 g/mol. The fraction of sp³-hybridized carbons (Fsp3) is 0.0909. The molecule has 3 rings (SSSR count). The zero-order valence-corrected chi connectivity index (χ0v) is 16.1. The van der Waals surface area contributed by atoms with Crippen LogP contribution >= 0.6 is 0 Å². The molecule has 0 bridgehead atoms. The molecule has 0 unspecified atom stereocenters. The maximum atomic E-state index is 12.1. The Labute approximate surface area is 172 Å². The van der Waals surface area contributed by atoms with Gasteiger partial charge in [-0.05, 0) is 42.3 Å². The number of carbonyl (C=O) groups is 3. The lowest BCUT2D eigenvalue weighted by atomic mass is 10.1. The van der Waals surface area contributed by atoms with E-state index in [4.69, 9.17) is 9.15 Å². The van der Waals surface area contributed by atoms with Crippen molar-refractivity contribution in [2.45, 2.75) is 13.3 Å². The number of hydrogen-bond acceptors (Lipinski definition) is 6. The topological polar surface area (TPSA) is 110 Å². The summed E-state index contributed by atoms with van der Waals surface area (Å²) in [6, 6.07) is 16.9. The van der Waals surface area contributed by atoms with Gasteiger partial charge in [0.05, 0.1) is 12.5 Å². The second kappa shape index (κ2) is 9.83. The maximum absolute atomic E-state index is 12.1. The minimum atomic E-state index is -0.929. The van der Waals surface area contributed by atoms with Crippen molar-refractivity contribution in [2.24, 2.45) is 5.10 Å². The van der Waals surface area contributed by atoms with Crippen LogP contribution in [0.3, 0.4) is 0 Å². The van der Waals surface area contributed by atoms with Gasteiger partial charge in [0.1, 0.15) is 5.75 Å². The predicted molar refractivity (Wildman–Crippen MR) is 110 cm³/mol. The van der Waals surface area contributed by atoms with E-state index in [-0.39, 0.29) is 11.5 Å². The summed E-state index contributed by atoms with van der Waals surface area (Å²) < 4.78 is 10.3. The second-order valence-corrected chi connectivity index (χ2v) is 6.07. The Balaban J connectivity index is 1.61. The zero-order chi connectivity index (χ0) is 21.3. The number of para-hydroxylation sites is 2. The van der Waals surface area contributed by atoms with Crippen LogP contribution in [0.1, 0.15) is 28.6 Å². The Bertz CT molecular complexity index is 1070. The van der Waals surface area contributed by atoms with Crippen molar-refractivity contribution in [2.75, 3.05) is 5.32 Å². The molecule has 2 N–H and O–H groups in total. The Kier molecular flexibility index (Phi) is 6.73. The molecule has 0 fully saturated rings. The lowest BCUT2D eigenvalue weighted by Gasteiger charge is -2.08. The van der Waals surface area contributed by atoms with E-state index in [9.17, 15) is 14.4 Å². The number of nitrogens with zero attached hydrogens (tertiary/aromatic N) is 1. The SMILES string of the molecule is CCc1ccccc1NC(=O)C(=O)N/N=C/c1ccccc1OC(=O)c1ccco1. The molecule has 152 valence electrons. The van der Waals surface area contributed by atoms with Crippen molar-refractivity contribution < 1.29 is 23.5 Å². The van der Waals surface area contributed by atoms with E-state index < -0.39 is 17.8 Å². The minimum Gasteiger partial charge on any atom is -0.457 e. The molecule has 8 nitrogen and oxygen atoms in total. The highest BCUT2D eigenvalue weighted by atomic mass is 16.5. The molecule has 0 saturated heterocycles. The highest BCUT2D eigenvalue weighted by Gasteiger charge is 2.15. The number of esters is 1. The number of aryl methyl sites for hydroxylation is 1. The summed E-state index contributed by atoms with van der Waals surface area (Å²) in [7, 11) is 0. The van der Waals surface area contributed by atoms with E-state index in [2.05, 4.69) is 15.8 Å². The van der Waals surface area contributed by atoms with E-state index in [1.165, 1.54) is 18.5 Å². The zero-order valence-electron chi connectivity index (χ0n) is 16.1. The number of nitrogens with one attached hydrogen (secondary N) is 2. The van der Waals surface area contributed by atoms with Gasteiger partial charge in [0.15, 0.2) is 0 Å². The molecule has 0 aliphatic rings. The molecule has 2 aromatic carbocycles. The molecule has 8 heteroatoms. The first-order valence-corrected chi connectivity index (χ1v) is 9.15. The number of carbonyl (C=O) groups excluding carboxylic acids is 3. The van der Waals surface area contributed by atoms with Crippen molar-refractivity contribution in [1.82, 2.24) is 5.43 Å². The standard InChI is InChI=1S/C22H19N3O5/c1-2-15-8-3-5-10-17(15)24-20(26)21(27)25-23-14-16-9-4-6-11-18(16)30-22(28)19-12-7-13-29-19/h3-14H,2H2,1H3,(H,24,26)(H,25,27)/b23-14+. The van der Waals surface area contributed by atoms with Crippen LogP contribution in [-0.2, 0) is 16.0 Å². The molecule has 0 aliphatic heterocycles. The van der Waals surface area contributed by atoms with Crippen molar-refractivity contribution >= 4 is 29.7 Å². The number of benzene rings is 2. The average Bonchev–Trinajstić information content (AvgIpc) is 3.30. The Morgan fingerprint density at radius 2 is 1.77 bits per heavy atom. The second-order valence-electron chi connectivity index (χ2n) is 6.07. The summed E-state index contributed by atoms with van der Waals surface area (Å²) in [6.07, 6.45) is 3.35. The lowest BCUT2D eigenvalue weighted by Crippen LogP contribution is -2.32. The fourth-order valence-electron chi connectivity index (χ4n) is 2.57. The number of rotatable bonds is 6.